The highest BCUT2D eigenvalue weighted by Gasteiger charge is 2.30. The van der Waals surface area contributed by atoms with Crippen LogP contribution in [0.3, 0.4) is 0 Å². The average molecular weight is 431 g/mol. The van der Waals surface area contributed by atoms with Gasteiger partial charge in [-0.1, -0.05) is 30.0 Å². The minimum absolute atomic E-state index is 0.0647. The normalized spacial score (nSPS) is 11.0. The number of halogens is 3. The van der Waals surface area contributed by atoms with Crippen molar-refractivity contribution in [2.24, 2.45) is 0 Å². The SMILES string of the molecule is O=C(CSc1ccccn1)Nc1ccccc1NC(=O)c1ccc(C(F)(F)F)cc1. The first kappa shape index (κ1) is 21.4. The molecule has 0 aliphatic carbocycles. The van der Waals surface area contributed by atoms with Gasteiger partial charge in [0.2, 0.25) is 5.91 Å². The second-order valence-corrected chi connectivity index (χ2v) is 7.08. The third-order valence-corrected chi connectivity index (χ3v) is 4.86. The zero-order chi connectivity index (χ0) is 21.6. The number of carbonyl (C=O) groups excluding carboxylic acids is 2. The van der Waals surface area contributed by atoms with E-state index in [1.54, 1.807) is 42.6 Å². The zero-order valence-corrected chi connectivity index (χ0v) is 16.3. The van der Waals surface area contributed by atoms with Crippen LogP contribution in [0.25, 0.3) is 0 Å². The number of para-hydroxylation sites is 2. The molecule has 0 saturated carbocycles. The number of nitrogens with zero attached hydrogens (tertiary/aromatic N) is 1. The number of pyridine rings is 1. The smallest absolute Gasteiger partial charge is 0.324 e. The second-order valence-electron chi connectivity index (χ2n) is 6.08. The summed E-state index contributed by atoms with van der Waals surface area (Å²) in [4.78, 5) is 28.8. The molecule has 1 heterocycles. The molecular weight excluding hydrogens is 415 g/mol. The number of benzene rings is 2. The van der Waals surface area contributed by atoms with Crippen LogP contribution in [0.15, 0.2) is 78.0 Å². The average Bonchev–Trinajstić information content (AvgIpc) is 2.74. The summed E-state index contributed by atoms with van der Waals surface area (Å²) in [5, 5.41) is 6.03. The van der Waals surface area contributed by atoms with Gasteiger partial charge in [0.25, 0.3) is 5.91 Å². The second kappa shape index (κ2) is 9.45. The quantitative estimate of drug-likeness (QED) is 0.534. The van der Waals surface area contributed by atoms with Crippen LogP contribution in [-0.4, -0.2) is 22.6 Å². The standard InChI is InChI=1S/C21H16F3N3O2S/c22-21(23,24)15-10-8-14(9-11-15)20(29)27-17-6-2-1-5-16(17)26-18(28)13-30-19-7-3-4-12-25-19/h1-12H,13H2,(H,26,28)(H,27,29). The van der Waals surface area contributed by atoms with E-state index in [-0.39, 0.29) is 17.2 Å². The van der Waals surface area contributed by atoms with Gasteiger partial charge < -0.3 is 10.6 Å². The van der Waals surface area contributed by atoms with Gasteiger partial charge in [-0.15, -0.1) is 0 Å². The van der Waals surface area contributed by atoms with Crippen LogP contribution >= 0.6 is 11.8 Å². The highest BCUT2D eigenvalue weighted by Crippen LogP contribution is 2.29. The van der Waals surface area contributed by atoms with Crippen LogP contribution in [0.5, 0.6) is 0 Å². The van der Waals surface area contributed by atoms with Gasteiger partial charge in [-0.2, -0.15) is 13.2 Å². The summed E-state index contributed by atoms with van der Waals surface area (Å²) >= 11 is 1.27. The third kappa shape index (κ3) is 5.84. The van der Waals surface area contributed by atoms with Crippen LogP contribution < -0.4 is 10.6 Å². The molecule has 0 radical (unpaired) electrons. The molecule has 0 aliphatic rings. The van der Waals surface area contributed by atoms with E-state index in [1.165, 1.54) is 11.8 Å². The van der Waals surface area contributed by atoms with E-state index >= 15 is 0 Å². The molecule has 9 heteroatoms. The number of aromatic nitrogens is 1. The highest BCUT2D eigenvalue weighted by atomic mass is 32.2. The summed E-state index contributed by atoms with van der Waals surface area (Å²) in [6.45, 7) is 0. The number of alkyl halides is 3. The van der Waals surface area contributed by atoms with Crippen LogP contribution in [0.4, 0.5) is 24.5 Å². The lowest BCUT2D eigenvalue weighted by molar-refractivity contribution is -0.137. The summed E-state index contributed by atoms with van der Waals surface area (Å²) in [7, 11) is 0. The summed E-state index contributed by atoms with van der Waals surface area (Å²) in [5.74, 6) is -0.756. The van der Waals surface area contributed by atoms with Crippen molar-refractivity contribution < 1.29 is 22.8 Å². The zero-order valence-electron chi connectivity index (χ0n) is 15.4. The Labute approximate surface area is 174 Å². The van der Waals surface area contributed by atoms with Crippen molar-refractivity contribution in [2.75, 3.05) is 16.4 Å². The maximum atomic E-state index is 12.7. The molecule has 2 amide bonds. The molecule has 1 aromatic heterocycles. The van der Waals surface area contributed by atoms with Crippen molar-refractivity contribution in [3.8, 4) is 0 Å². The van der Waals surface area contributed by atoms with Crippen LogP contribution in [0.2, 0.25) is 0 Å². The molecule has 0 unspecified atom stereocenters. The van der Waals surface area contributed by atoms with E-state index in [4.69, 9.17) is 0 Å². The Kier molecular flexibility index (Phi) is 6.73. The molecule has 0 bridgehead atoms. The Morgan fingerprint density at radius 3 is 2.10 bits per heavy atom. The van der Waals surface area contributed by atoms with Crippen molar-refractivity contribution in [1.29, 1.82) is 0 Å². The Morgan fingerprint density at radius 2 is 1.50 bits per heavy atom. The lowest BCUT2D eigenvalue weighted by atomic mass is 10.1. The van der Waals surface area contributed by atoms with Gasteiger partial charge >= 0.3 is 6.18 Å². The maximum Gasteiger partial charge on any atom is 0.416 e. The minimum Gasteiger partial charge on any atom is -0.324 e. The number of hydrogen-bond donors (Lipinski definition) is 2. The number of amides is 2. The third-order valence-electron chi connectivity index (χ3n) is 3.91. The molecule has 3 rings (SSSR count). The molecule has 154 valence electrons. The van der Waals surface area contributed by atoms with Crippen LogP contribution in [0, 0.1) is 0 Å². The van der Waals surface area contributed by atoms with Crippen molar-refractivity contribution in [3.05, 3.63) is 84.1 Å². The first-order valence-electron chi connectivity index (χ1n) is 8.74. The van der Waals surface area contributed by atoms with E-state index in [2.05, 4.69) is 15.6 Å². The van der Waals surface area contributed by atoms with Crippen molar-refractivity contribution in [3.63, 3.8) is 0 Å². The number of thioether (sulfide) groups is 1. The molecule has 30 heavy (non-hydrogen) atoms. The Hall–Kier alpha value is -3.33. The van der Waals surface area contributed by atoms with Gasteiger partial charge in [0.1, 0.15) is 0 Å². The molecule has 0 spiro atoms. The first-order chi connectivity index (χ1) is 14.3. The lowest BCUT2D eigenvalue weighted by Crippen LogP contribution is -2.18. The number of carbonyl (C=O) groups is 2. The highest BCUT2D eigenvalue weighted by molar-refractivity contribution is 7.99. The van der Waals surface area contributed by atoms with Gasteiger partial charge in [0, 0.05) is 11.8 Å². The summed E-state index contributed by atoms with van der Waals surface area (Å²) in [6.07, 6.45) is -2.84. The predicted molar refractivity (Wildman–Crippen MR) is 109 cm³/mol. The molecular formula is C21H16F3N3O2S. The number of rotatable bonds is 6. The molecule has 2 N–H and O–H groups in total. The molecule has 0 aliphatic heterocycles. The van der Waals surface area contributed by atoms with Gasteiger partial charge in [0.15, 0.2) is 0 Å². The molecule has 3 aromatic rings. The van der Waals surface area contributed by atoms with Crippen molar-refractivity contribution in [1.82, 2.24) is 4.98 Å². The predicted octanol–water partition coefficient (Wildman–Crippen LogP) is 5.08. The van der Waals surface area contributed by atoms with Crippen LogP contribution in [-0.2, 0) is 11.0 Å². The van der Waals surface area contributed by atoms with Gasteiger partial charge in [-0.25, -0.2) is 4.98 Å². The van der Waals surface area contributed by atoms with E-state index in [1.807, 2.05) is 6.07 Å². The molecule has 0 atom stereocenters. The van der Waals surface area contributed by atoms with Crippen molar-refractivity contribution in [2.45, 2.75) is 11.2 Å². The molecule has 0 fully saturated rings. The van der Waals surface area contributed by atoms with E-state index in [9.17, 15) is 22.8 Å². The summed E-state index contributed by atoms with van der Waals surface area (Å²) in [6, 6.07) is 15.8. The monoisotopic (exact) mass is 431 g/mol. The maximum absolute atomic E-state index is 12.7. The van der Waals surface area contributed by atoms with E-state index < -0.39 is 17.6 Å². The van der Waals surface area contributed by atoms with Crippen molar-refractivity contribution >= 4 is 35.0 Å². The summed E-state index contributed by atoms with van der Waals surface area (Å²) < 4.78 is 38.0. The number of nitrogens with one attached hydrogen (secondary N) is 2. The fourth-order valence-electron chi connectivity index (χ4n) is 2.46. The first-order valence-corrected chi connectivity index (χ1v) is 9.73. The molecule has 2 aromatic carbocycles. The Balaban J connectivity index is 1.64. The number of anilines is 2. The van der Waals surface area contributed by atoms with Gasteiger partial charge in [-0.05, 0) is 48.5 Å². The fraction of sp³-hybridized carbons (Fsp3) is 0.0952. The summed E-state index contributed by atoms with van der Waals surface area (Å²) in [5.41, 5.74) is -0.0603. The largest absolute Gasteiger partial charge is 0.416 e. The molecule has 5 nitrogen and oxygen atoms in total. The van der Waals surface area contributed by atoms with Gasteiger partial charge in [-0.3, -0.25) is 9.59 Å². The lowest BCUT2D eigenvalue weighted by Gasteiger charge is -2.13. The fourth-order valence-corrected chi connectivity index (χ4v) is 3.13. The Bertz CT molecular complexity index is 1030. The van der Waals surface area contributed by atoms with Gasteiger partial charge in [0.05, 0.1) is 27.7 Å². The number of hydrogen-bond acceptors (Lipinski definition) is 4. The van der Waals surface area contributed by atoms with E-state index in [0.717, 1.165) is 24.3 Å². The van der Waals surface area contributed by atoms with E-state index in [0.29, 0.717) is 16.4 Å². The Morgan fingerprint density at radius 1 is 0.867 bits per heavy atom. The van der Waals surface area contributed by atoms with Crippen LogP contribution in [0.1, 0.15) is 15.9 Å². The molecule has 0 saturated heterocycles. The topological polar surface area (TPSA) is 71.1 Å². The minimum atomic E-state index is -4.47.